The Hall–Kier alpha value is -2.58. The van der Waals surface area contributed by atoms with Gasteiger partial charge in [0.25, 0.3) is 0 Å². The van der Waals surface area contributed by atoms with Crippen LogP contribution in [0.5, 0.6) is 0 Å². The zero-order chi connectivity index (χ0) is 24.4. The first kappa shape index (κ1) is 25.1. The molecule has 0 aliphatic carbocycles. The highest BCUT2D eigenvalue weighted by atomic mass is 32.2. The molecule has 0 fully saturated rings. The van der Waals surface area contributed by atoms with E-state index in [1.807, 2.05) is 13.8 Å². The van der Waals surface area contributed by atoms with Crippen LogP contribution in [0.15, 0.2) is 23.1 Å². The number of aromatic nitrogens is 1. The normalized spacial score (nSPS) is 11.1. The molecule has 6 nitrogen and oxygen atoms in total. The molecule has 0 radical (unpaired) electrons. The summed E-state index contributed by atoms with van der Waals surface area (Å²) in [6.45, 7) is 18.8. The minimum atomic E-state index is 0.755. The largest absolute Gasteiger partial charge is 0.340 e. The van der Waals surface area contributed by atoms with Gasteiger partial charge in [0.05, 0.1) is 12.0 Å². The molecule has 0 spiro atoms. The summed E-state index contributed by atoms with van der Waals surface area (Å²) in [7, 11) is 0. The van der Waals surface area contributed by atoms with Crippen LogP contribution in [0.4, 0.5) is 23.0 Å². The first-order valence-corrected chi connectivity index (χ1v) is 11.6. The van der Waals surface area contributed by atoms with Crippen molar-refractivity contribution >= 4 is 35.1 Å². The summed E-state index contributed by atoms with van der Waals surface area (Å²) >= 11 is 0.978. The molecule has 1 aromatic heterocycles. The summed E-state index contributed by atoms with van der Waals surface area (Å²) in [5.74, 6) is 1.59. The highest BCUT2D eigenvalue weighted by Crippen LogP contribution is 2.37. The molecule has 0 aliphatic heterocycles. The molecule has 0 amide bonds. The minimum Gasteiger partial charge on any atom is -0.340 e. The summed E-state index contributed by atoms with van der Waals surface area (Å²) in [6, 6.07) is 6.34. The molecular formula is C26H33N3O3S. The van der Waals surface area contributed by atoms with Crippen molar-refractivity contribution in [2.24, 2.45) is 0 Å². The van der Waals surface area contributed by atoms with E-state index in [2.05, 4.69) is 82.3 Å². The summed E-state index contributed by atoms with van der Waals surface area (Å²) < 4.78 is 4.71. The number of benzene rings is 2. The lowest BCUT2D eigenvalue weighted by Crippen LogP contribution is -2.07. The van der Waals surface area contributed by atoms with Crippen LogP contribution in [0, 0.1) is 62.3 Å². The average Bonchev–Trinajstić information content (AvgIpc) is 2.75. The molecule has 33 heavy (non-hydrogen) atoms. The zero-order valence-electron chi connectivity index (χ0n) is 20.9. The van der Waals surface area contributed by atoms with Gasteiger partial charge in [-0.3, -0.25) is 0 Å². The van der Waals surface area contributed by atoms with E-state index >= 15 is 0 Å². The molecule has 0 saturated heterocycles. The second kappa shape index (κ2) is 10.1. The molecule has 176 valence electrons. The third-order valence-corrected chi connectivity index (χ3v) is 7.36. The van der Waals surface area contributed by atoms with Crippen LogP contribution < -0.4 is 10.6 Å². The predicted molar refractivity (Wildman–Crippen MR) is 137 cm³/mol. The van der Waals surface area contributed by atoms with Crippen molar-refractivity contribution < 1.29 is 14.6 Å². The lowest BCUT2D eigenvalue weighted by molar-refractivity contribution is -0.432. The first-order valence-electron chi connectivity index (χ1n) is 10.9. The molecular weight excluding hydrogens is 434 g/mol. The highest BCUT2D eigenvalue weighted by Gasteiger charge is 2.16. The average molecular weight is 468 g/mol. The lowest BCUT2D eigenvalue weighted by atomic mass is 9.98. The van der Waals surface area contributed by atoms with Gasteiger partial charge in [0.15, 0.2) is 0 Å². The molecule has 0 atom stereocenters. The number of nitrogens with one attached hydrogen (secondary N) is 2. The monoisotopic (exact) mass is 467 g/mol. The number of rotatable bonds is 7. The van der Waals surface area contributed by atoms with Gasteiger partial charge in [-0.2, -0.15) is 0 Å². The summed E-state index contributed by atoms with van der Waals surface area (Å²) in [6.07, 6.45) is 0. The van der Waals surface area contributed by atoms with Crippen LogP contribution in [0.2, 0.25) is 0 Å². The van der Waals surface area contributed by atoms with Gasteiger partial charge in [-0.05, 0) is 118 Å². The fourth-order valence-electron chi connectivity index (χ4n) is 4.18. The maximum atomic E-state index is 8.57. The van der Waals surface area contributed by atoms with Crippen molar-refractivity contribution in [1.29, 1.82) is 0 Å². The molecule has 2 aromatic carbocycles. The molecule has 0 unspecified atom stereocenters. The molecule has 1 heterocycles. The van der Waals surface area contributed by atoms with Gasteiger partial charge in [0.1, 0.15) is 11.6 Å². The Bertz CT molecular complexity index is 1210. The van der Waals surface area contributed by atoms with Crippen molar-refractivity contribution in [3.63, 3.8) is 0 Å². The maximum Gasteiger partial charge on any atom is 0.136 e. The summed E-state index contributed by atoms with van der Waals surface area (Å²) in [5.41, 5.74) is 12.4. The smallest absolute Gasteiger partial charge is 0.136 e. The van der Waals surface area contributed by atoms with Crippen LogP contribution >= 0.6 is 12.0 Å². The Morgan fingerprint density at radius 3 is 1.88 bits per heavy atom. The first-order chi connectivity index (χ1) is 15.5. The van der Waals surface area contributed by atoms with Crippen LogP contribution in [0.25, 0.3) is 0 Å². The Labute approximate surface area is 200 Å². The number of anilines is 4. The van der Waals surface area contributed by atoms with E-state index in [0.717, 1.165) is 67.8 Å². The van der Waals surface area contributed by atoms with Gasteiger partial charge in [-0.25, -0.2) is 10.2 Å². The Morgan fingerprint density at radius 1 is 0.667 bits per heavy atom. The second-order valence-electron chi connectivity index (χ2n) is 8.75. The van der Waals surface area contributed by atoms with E-state index < -0.39 is 0 Å². The maximum absolute atomic E-state index is 8.57. The summed E-state index contributed by atoms with van der Waals surface area (Å²) in [5, 5.41) is 19.5. The number of hydrogen-bond acceptors (Lipinski definition) is 7. The zero-order valence-corrected chi connectivity index (χ0v) is 21.7. The van der Waals surface area contributed by atoms with Crippen LogP contribution in [-0.4, -0.2) is 10.2 Å². The van der Waals surface area contributed by atoms with Crippen LogP contribution in [-0.2, 0) is 9.37 Å². The third-order valence-electron chi connectivity index (χ3n) is 6.43. The molecule has 7 heteroatoms. The molecule has 3 N–H and O–H groups in total. The Morgan fingerprint density at radius 2 is 1.24 bits per heavy atom. The van der Waals surface area contributed by atoms with Crippen molar-refractivity contribution in [2.75, 3.05) is 10.6 Å². The fraction of sp³-hybridized carbons (Fsp3) is 0.346. The van der Waals surface area contributed by atoms with E-state index in [4.69, 9.17) is 14.6 Å². The minimum absolute atomic E-state index is 0.755. The molecule has 3 aromatic rings. The SMILES string of the molecule is Cc1cc(Nc2c(C)cc(C)c(SOOO)c2C)nc(Nc2c(C)cc(C)c(C)c2C)c1C. The van der Waals surface area contributed by atoms with E-state index in [1.54, 1.807) is 0 Å². The van der Waals surface area contributed by atoms with Crippen molar-refractivity contribution in [3.8, 4) is 0 Å². The standard InChI is InChI=1S/C26H33N3O3S/c1-13-10-15(3)23(20(8)18(13)6)29-26-19(7)14(2)12-22(28-26)27-24-16(4)11-17(5)25(21(24)9)33-32-31-30/h10-12,30H,1-9H3,(H2,27,28,29). The summed E-state index contributed by atoms with van der Waals surface area (Å²) in [4.78, 5) is 5.81. The molecule has 0 aliphatic rings. The lowest BCUT2D eigenvalue weighted by Gasteiger charge is -2.21. The van der Waals surface area contributed by atoms with Gasteiger partial charge < -0.3 is 10.6 Å². The van der Waals surface area contributed by atoms with Crippen LogP contribution in [0.3, 0.4) is 0 Å². The van der Waals surface area contributed by atoms with E-state index in [0.29, 0.717) is 0 Å². The fourth-order valence-corrected chi connectivity index (χ4v) is 4.70. The van der Waals surface area contributed by atoms with Gasteiger partial charge in [-0.1, -0.05) is 17.2 Å². The van der Waals surface area contributed by atoms with Crippen molar-refractivity contribution in [3.05, 3.63) is 68.3 Å². The second-order valence-corrected chi connectivity index (χ2v) is 9.46. The van der Waals surface area contributed by atoms with Crippen LogP contribution in [0.1, 0.15) is 50.1 Å². The number of nitrogens with zero attached hydrogens (tertiary/aromatic N) is 1. The molecule has 0 saturated carbocycles. The third kappa shape index (κ3) is 5.17. The molecule has 0 bridgehead atoms. The Balaban J connectivity index is 2.03. The van der Waals surface area contributed by atoms with E-state index in [9.17, 15) is 0 Å². The quantitative estimate of drug-likeness (QED) is 0.186. The predicted octanol–water partition coefficient (Wildman–Crippen LogP) is 7.77. The van der Waals surface area contributed by atoms with Gasteiger partial charge in [0, 0.05) is 16.3 Å². The van der Waals surface area contributed by atoms with E-state index in [1.165, 1.54) is 22.3 Å². The number of aryl methyl sites for hydroxylation is 5. The van der Waals surface area contributed by atoms with Crippen molar-refractivity contribution in [2.45, 2.75) is 67.2 Å². The highest BCUT2D eigenvalue weighted by molar-refractivity contribution is 7.94. The van der Waals surface area contributed by atoms with Gasteiger partial charge in [0.2, 0.25) is 0 Å². The van der Waals surface area contributed by atoms with E-state index in [-0.39, 0.29) is 0 Å². The van der Waals surface area contributed by atoms with Gasteiger partial charge >= 0.3 is 0 Å². The van der Waals surface area contributed by atoms with Gasteiger partial charge in [-0.15, -0.1) is 4.33 Å². The number of hydrogen-bond donors (Lipinski definition) is 3. The number of pyridine rings is 1. The topological polar surface area (TPSA) is 75.6 Å². The molecule has 3 rings (SSSR count). The Kier molecular flexibility index (Phi) is 7.69. The van der Waals surface area contributed by atoms with Crippen molar-refractivity contribution in [1.82, 2.24) is 4.98 Å².